The monoisotopic (exact) mass is 401 g/mol. The first-order valence-electron chi connectivity index (χ1n) is 8.54. The van der Waals surface area contributed by atoms with E-state index < -0.39 is 33.4 Å². The number of fused-ring (bicyclic) bond motifs is 2. The lowest BCUT2D eigenvalue weighted by Crippen LogP contribution is -2.34. The summed E-state index contributed by atoms with van der Waals surface area (Å²) in [5, 5.41) is 0. The molecule has 1 aliphatic rings. The van der Waals surface area contributed by atoms with Crippen LogP contribution < -0.4 is 0 Å². The summed E-state index contributed by atoms with van der Waals surface area (Å²) in [7, 11) is -1.14. The van der Waals surface area contributed by atoms with Crippen LogP contribution in [0.2, 0.25) is 0 Å². The summed E-state index contributed by atoms with van der Waals surface area (Å²) in [6.07, 6.45) is 0. The minimum atomic E-state index is -3.92. The van der Waals surface area contributed by atoms with Gasteiger partial charge in [-0.1, -0.05) is 19.1 Å². The quantitative estimate of drug-likeness (QED) is 0.620. The average molecular weight is 401 g/mol. The predicted octanol–water partition coefficient (Wildman–Crippen LogP) is 1.94. The third-order valence-corrected chi connectivity index (χ3v) is 6.53. The van der Waals surface area contributed by atoms with Crippen LogP contribution in [0.1, 0.15) is 33.2 Å². The van der Waals surface area contributed by atoms with Crippen molar-refractivity contribution in [2.24, 2.45) is 5.92 Å². The minimum absolute atomic E-state index is 0.0424. The van der Waals surface area contributed by atoms with Gasteiger partial charge in [-0.15, -0.1) is 0 Å². The number of carbonyl (C=O) groups is 3. The maximum absolute atomic E-state index is 13.0. The molecule has 2 aromatic rings. The molecule has 0 spiro atoms. The van der Waals surface area contributed by atoms with Crippen LogP contribution >= 0.6 is 0 Å². The zero-order valence-corrected chi connectivity index (χ0v) is 16.4. The number of nitrogens with zero attached hydrogens (tertiary/aromatic N) is 1. The number of esters is 1. The zero-order valence-electron chi connectivity index (χ0n) is 15.6. The summed E-state index contributed by atoms with van der Waals surface area (Å²) < 4.78 is 30.6. The Morgan fingerprint density at radius 1 is 1.07 bits per heavy atom. The molecule has 0 saturated heterocycles. The second-order valence-electron chi connectivity index (χ2n) is 6.65. The van der Waals surface area contributed by atoms with E-state index in [0.717, 1.165) is 0 Å². The minimum Gasteiger partial charge on any atom is -0.469 e. The van der Waals surface area contributed by atoms with Crippen molar-refractivity contribution in [3.8, 4) is 0 Å². The van der Waals surface area contributed by atoms with Crippen LogP contribution in [0.5, 0.6) is 0 Å². The molecule has 1 amide bonds. The van der Waals surface area contributed by atoms with E-state index in [-0.39, 0.29) is 33.0 Å². The van der Waals surface area contributed by atoms with Crippen LogP contribution in [0.4, 0.5) is 0 Å². The van der Waals surface area contributed by atoms with Gasteiger partial charge in [-0.3, -0.25) is 14.4 Å². The molecule has 2 aromatic carbocycles. The fourth-order valence-electron chi connectivity index (χ4n) is 3.21. The molecule has 8 heteroatoms. The lowest BCUT2D eigenvalue weighted by atomic mass is 10.0. The third-order valence-electron chi connectivity index (χ3n) is 4.68. The Balaban J connectivity index is 1.98. The zero-order chi connectivity index (χ0) is 20.6. The van der Waals surface area contributed by atoms with Gasteiger partial charge >= 0.3 is 5.97 Å². The maximum atomic E-state index is 13.0. The summed E-state index contributed by atoms with van der Waals surface area (Å²) in [6, 6.07) is 10.00. The molecule has 0 fully saturated rings. The van der Waals surface area contributed by atoms with E-state index in [1.54, 1.807) is 19.1 Å². The van der Waals surface area contributed by atoms with Crippen molar-refractivity contribution < 1.29 is 27.5 Å². The fourth-order valence-corrected chi connectivity index (χ4v) is 4.88. The molecule has 1 aliphatic heterocycles. The SMILES string of the molecule is COC(=O)[C@@H](C)CN(C)C(=O)c1ccc2c(c1)S(=O)(=O)c1ccccc1C2=O. The second kappa shape index (κ2) is 7.20. The standard InChI is InChI=1S/C20H19NO6S/c1-12(20(24)27-3)11-21(2)19(23)13-8-9-15-17(10-13)28(25,26)16-7-5-4-6-14(16)18(15)22/h4-10,12H,11H2,1-3H3/t12-/m0/s1. The number of hydrogen-bond acceptors (Lipinski definition) is 6. The number of benzene rings is 2. The molecule has 0 unspecified atom stereocenters. The Morgan fingerprint density at radius 2 is 1.71 bits per heavy atom. The maximum Gasteiger partial charge on any atom is 0.310 e. The van der Waals surface area contributed by atoms with E-state index in [0.29, 0.717) is 0 Å². The van der Waals surface area contributed by atoms with Crippen molar-refractivity contribution in [1.29, 1.82) is 0 Å². The van der Waals surface area contributed by atoms with Gasteiger partial charge in [0.25, 0.3) is 5.91 Å². The van der Waals surface area contributed by atoms with E-state index in [2.05, 4.69) is 4.74 Å². The van der Waals surface area contributed by atoms with Crippen molar-refractivity contribution in [2.75, 3.05) is 20.7 Å². The number of amides is 1. The number of ether oxygens (including phenoxy) is 1. The van der Waals surface area contributed by atoms with Gasteiger partial charge in [0, 0.05) is 30.3 Å². The molecule has 0 bridgehead atoms. The molecule has 0 saturated carbocycles. The molecule has 1 atom stereocenters. The third kappa shape index (κ3) is 3.20. The first kappa shape index (κ1) is 19.8. The Kier molecular flexibility index (Phi) is 5.08. The predicted molar refractivity (Wildman–Crippen MR) is 99.9 cm³/mol. The first-order valence-corrected chi connectivity index (χ1v) is 10.0. The number of sulfone groups is 1. The summed E-state index contributed by atoms with van der Waals surface area (Å²) in [6.45, 7) is 1.74. The Labute approximate surface area is 162 Å². The Bertz CT molecular complexity index is 1090. The molecule has 3 rings (SSSR count). The van der Waals surface area contributed by atoms with E-state index in [4.69, 9.17) is 0 Å². The van der Waals surface area contributed by atoms with Crippen LogP contribution in [-0.2, 0) is 19.4 Å². The number of hydrogen-bond donors (Lipinski definition) is 0. The van der Waals surface area contributed by atoms with E-state index in [1.807, 2.05) is 0 Å². The van der Waals surface area contributed by atoms with Crippen LogP contribution in [-0.4, -0.2) is 51.7 Å². The van der Waals surface area contributed by atoms with E-state index in [9.17, 15) is 22.8 Å². The lowest BCUT2D eigenvalue weighted by Gasteiger charge is -2.22. The van der Waals surface area contributed by atoms with Gasteiger partial charge in [0.2, 0.25) is 9.84 Å². The van der Waals surface area contributed by atoms with Crippen molar-refractivity contribution in [3.63, 3.8) is 0 Å². The van der Waals surface area contributed by atoms with Crippen molar-refractivity contribution in [3.05, 3.63) is 59.2 Å². The van der Waals surface area contributed by atoms with Gasteiger partial charge in [0.1, 0.15) is 0 Å². The molecule has 0 radical (unpaired) electrons. The number of rotatable bonds is 4. The van der Waals surface area contributed by atoms with Gasteiger partial charge in [-0.05, 0) is 30.3 Å². The fraction of sp³-hybridized carbons (Fsp3) is 0.250. The molecule has 0 aromatic heterocycles. The van der Waals surface area contributed by atoms with Gasteiger partial charge in [-0.25, -0.2) is 8.42 Å². The average Bonchev–Trinajstić information content (AvgIpc) is 2.70. The summed E-state index contributed by atoms with van der Waals surface area (Å²) in [5.41, 5.74) is 0.285. The molecule has 0 aliphatic carbocycles. The van der Waals surface area contributed by atoms with Gasteiger partial charge in [0.05, 0.1) is 22.8 Å². The van der Waals surface area contributed by atoms with Gasteiger partial charge in [0.15, 0.2) is 5.78 Å². The van der Waals surface area contributed by atoms with Crippen molar-refractivity contribution in [2.45, 2.75) is 16.7 Å². The van der Waals surface area contributed by atoms with Gasteiger partial charge < -0.3 is 9.64 Å². The van der Waals surface area contributed by atoms with Gasteiger partial charge in [-0.2, -0.15) is 0 Å². The Morgan fingerprint density at radius 3 is 2.39 bits per heavy atom. The Hall–Kier alpha value is -3.00. The highest BCUT2D eigenvalue weighted by Gasteiger charge is 2.35. The number of ketones is 1. The van der Waals surface area contributed by atoms with Crippen LogP contribution in [0.25, 0.3) is 0 Å². The highest BCUT2D eigenvalue weighted by Crippen LogP contribution is 2.34. The summed E-state index contributed by atoms with van der Waals surface area (Å²) in [4.78, 5) is 38.0. The van der Waals surface area contributed by atoms with Crippen LogP contribution in [0, 0.1) is 5.92 Å². The summed E-state index contributed by atoms with van der Waals surface area (Å²) >= 11 is 0. The van der Waals surface area contributed by atoms with E-state index in [1.165, 1.54) is 49.4 Å². The highest BCUT2D eigenvalue weighted by molar-refractivity contribution is 7.91. The van der Waals surface area contributed by atoms with Crippen LogP contribution in [0.15, 0.2) is 52.3 Å². The first-order chi connectivity index (χ1) is 13.2. The molecule has 28 heavy (non-hydrogen) atoms. The topological polar surface area (TPSA) is 97.8 Å². The normalized spacial score (nSPS) is 15.2. The van der Waals surface area contributed by atoms with Crippen molar-refractivity contribution in [1.82, 2.24) is 4.90 Å². The molecule has 1 heterocycles. The largest absolute Gasteiger partial charge is 0.469 e. The molecule has 7 nitrogen and oxygen atoms in total. The lowest BCUT2D eigenvalue weighted by molar-refractivity contribution is -0.145. The molecular formula is C20H19NO6S. The highest BCUT2D eigenvalue weighted by atomic mass is 32.2. The summed E-state index contributed by atoms with van der Waals surface area (Å²) in [5.74, 6) is -1.84. The number of methoxy groups -OCH3 is 1. The second-order valence-corrected chi connectivity index (χ2v) is 8.54. The van der Waals surface area contributed by atoms with E-state index >= 15 is 0 Å². The molecule has 146 valence electrons. The smallest absolute Gasteiger partial charge is 0.310 e. The molecular weight excluding hydrogens is 382 g/mol. The number of carbonyl (C=O) groups excluding carboxylic acids is 3. The molecule has 0 N–H and O–H groups in total. The van der Waals surface area contributed by atoms with Crippen molar-refractivity contribution >= 4 is 27.5 Å². The van der Waals surface area contributed by atoms with Crippen LogP contribution in [0.3, 0.4) is 0 Å².